The van der Waals surface area contributed by atoms with E-state index in [0.29, 0.717) is 0 Å². The first-order valence-corrected chi connectivity index (χ1v) is 7.60. The Morgan fingerprint density at radius 1 is 1.05 bits per heavy atom. The molecular weight excluding hydrogens is 274 g/mol. The van der Waals surface area contributed by atoms with Crippen LogP contribution in [0, 0.1) is 0 Å². The van der Waals surface area contributed by atoms with Gasteiger partial charge in [0.2, 0.25) is 0 Å². The summed E-state index contributed by atoms with van der Waals surface area (Å²) in [5.74, 6) is 0. The maximum Gasteiger partial charge on any atom is 0.0449 e. The Balaban J connectivity index is 2.18. The van der Waals surface area contributed by atoms with Gasteiger partial charge in [-0.3, -0.25) is 0 Å². The average Bonchev–Trinajstić information content (AvgIpc) is 2.52. The third-order valence-electron chi connectivity index (χ3n) is 3.48. The van der Waals surface area contributed by atoms with Crippen LogP contribution in [0.1, 0.15) is 23.6 Å². The molecule has 2 rings (SSSR count). The van der Waals surface area contributed by atoms with Crippen molar-refractivity contribution in [3.8, 4) is 0 Å². The maximum absolute atomic E-state index is 5.51. The zero-order valence-electron chi connectivity index (χ0n) is 12.8. The van der Waals surface area contributed by atoms with Gasteiger partial charge in [-0.1, -0.05) is 67.7 Å². The molecule has 0 N–H and O–H groups in total. The van der Waals surface area contributed by atoms with Gasteiger partial charge in [-0.05, 0) is 35.3 Å². The molecule has 21 heavy (non-hydrogen) atoms. The second-order valence-electron chi connectivity index (χ2n) is 5.20. The lowest BCUT2D eigenvalue weighted by atomic mass is 10.1. The van der Waals surface area contributed by atoms with E-state index in [2.05, 4.69) is 74.5 Å². The molecule has 0 aliphatic heterocycles. The normalized spacial score (nSPS) is 10.8. The molecule has 2 aromatic rings. The summed E-state index contributed by atoms with van der Waals surface area (Å²) in [6.07, 6.45) is 5.16. The molecule has 0 aliphatic carbocycles. The third kappa shape index (κ3) is 4.02. The molecule has 0 saturated heterocycles. The Hall–Kier alpha value is -1.93. The lowest BCUT2D eigenvalue weighted by Gasteiger charge is -2.15. The Morgan fingerprint density at radius 3 is 2.33 bits per heavy atom. The zero-order valence-corrected chi connectivity index (χ0v) is 13.7. The van der Waals surface area contributed by atoms with Crippen molar-refractivity contribution in [3.63, 3.8) is 0 Å². The van der Waals surface area contributed by atoms with Crippen LogP contribution in [0.15, 0.2) is 54.6 Å². The molecule has 2 aromatic carbocycles. The first kappa shape index (κ1) is 15.5. The van der Waals surface area contributed by atoms with E-state index in [1.54, 1.807) is 0 Å². The van der Waals surface area contributed by atoms with Crippen LogP contribution in [0.4, 0.5) is 5.69 Å². The Bertz CT molecular complexity index is 639. The van der Waals surface area contributed by atoms with Crippen LogP contribution in [0.3, 0.4) is 0 Å². The number of thiocarbonyl (C=S) groups is 1. The number of para-hydroxylation sites is 1. The number of hydrogen-bond acceptors (Lipinski definition) is 2. The molecule has 0 fully saturated rings. The second-order valence-corrected chi connectivity index (χ2v) is 5.64. The zero-order chi connectivity index (χ0) is 15.2. The van der Waals surface area contributed by atoms with Crippen LogP contribution in [0.5, 0.6) is 0 Å². The molecular formula is C19H21NS. The van der Waals surface area contributed by atoms with E-state index in [-0.39, 0.29) is 0 Å². The van der Waals surface area contributed by atoms with E-state index in [4.69, 9.17) is 12.2 Å². The molecule has 0 aromatic heterocycles. The van der Waals surface area contributed by atoms with Crippen molar-refractivity contribution in [2.24, 2.45) is 0 Å². The number of aryl methyl sites for hydroxylation is 1. The first-order chi connectivity index (χ1) is 10.1. The highest BCUT2D eigenvalue weighted by molar-refractivity contribution is 7.81. The SMILES string of the molecule is CCc1ccc(C(=S)C=Cc2ccccc2N(C)C)cc1. The van der Waals surface area contributed by atoms with Crippen molar-refractivity contribution in [1.82, 2.24) is 0 Å². The van der Waals surface area contributed by atoms with Crippen LogP contribution >= 0.6 is 12.2 Å². The minimum atomic E-state index is 0.867. The molecule has 0 aliphatic rings. The van der Waals surface area contributed by atoms with Gasteiger partial charge < -0.3 is 4.90 Å². The van der Waals surface area contributed by atoms with Gasteiger partial charge >= 0.3 is 0 Å². The van der Waals surface area contributed by atoms with Crippen LogP contribution < -0.4 is 4.90 Å². The summed E-state index contributed by atoms with van der Waals surface area (Å²) in [6.45, 7) is 2.16. The summed E-state index contributed by atoms with van der Waals surface area (Å²) in [6, 6.07) is 16.8. The fourth-order valence-corrected chi connectivity index (χ4v) is 2.41. The smallest absolute Gasteiger partial charge is 0.0449 e. The highest BCUT2D eigenvalue weighted by atomic mass is 32.1. The number of allylic oxidation sites excluding steroid dienone is 1. The van der Waals surface area contributed by atoms with Crippen molar-refractivity contribution in [2.75, 3.05) is 19.0 Å². The van der Waals surface area contributed by atoms with E-state index in [9.17, 15) is 0 Å². The van der Waals surface area contributed by atoms with Gasteiger partial charge in [-0.2, -0.15) is 0 Å². The van der Waals surface area contributed by atoms with E-state index in [0.717, 1.165) is 16.8 Å². The Morgan fingerprint density at radius 2 is 1.71 bits per heavy atom. The monoisotopic (exact) mass is 295 g/mol. The topological polar surface area (TPSA) is 3.24 Å². The molecule has 2 heteroatoms. The molecule has 1 nitrogen and oxygen atoms in total. The quantitative estimate of drug-likeness (QED) is 0.445. The third-order valence-corrected chi connectivity index (χ3v) is 3.85. The average molecular weight is 295 g/mol. The van der Waals surface area contributed by atoms with Crippen molar-refractivity contribution in [2.45, 2.75) is 13.3 Å². The fourth-order valence-electron chi connectivity index (χ4n) is 2.20. The van der Waals surface area contributed by atoms with Gasteiger partial charge in [0.05, 0.1) is 0 Å². The predicted molar refractivity (Wildman–Crippen MR) is 97.3 cm³/mol. The summed E-state index contributed by atoms with van der Waals surface area (Å²) in [5.41, 5.74) is 4.80. The highest BCUT2D eigenvalue weighted by Crippen LogP contribution is 2.19. The molecule has 0 spiro atoms. The van der Waals surface area contributed by atoms with E-state index >= 15 is 0 Å². The largest absolute Gasteiger partial charge is 0.377 e. The van der Waals surface area contributed by atoms with Gasteiger partial charge in [-0.15, -0.1) is 0 Å². The molecule has 0 atom stereocenters. The van der Waals surface area contributed by atoms with Gasteiger partial charge in [0.25, 0.3) is 0 Å². The number of hydrogen-bond donors (Lipinski definition) is 0. The van der Waals surface area contributed by atoms with Gasteiger partial charge in [0.1, 0.15) is 0 Å². The summed E-state index contributed by atoms with van der Waals surface area (Å²) in [5, 5.41) is 0. The number of nitrogens with zero attached hydrogens (tertiary/aromatic N) is 1. The van der Waals surface area contributed by atoms with E-state index in [1.165, 1.54) is 16.8 Å². The summed E-state index contributed by atoms with van der Waals surface area (Å²) >= 11 is 5.51. The van der Waals surface area contributed by atoms with E-state index in [1.807, 2.05) is 12.1 Å². The van der Waals surface area contributed by atoms with Crippen LogP contribution in [-0.2, 0) is 6.42 Å². The van der Waals surface area contributed by atoms with E-state index < -0.39 is 0 Å². The molecule has 0 heterocycles. The fraction of sp³-hybridized carbons (Fsp3) is 0.211. The minimum Gasteiger partial charge on any atom is -0.377 e. The summed E-state index contributed by atoms with van der Waals surface area (Å²) in [7, 11) is 4.10. The molecule has 0 amide bonds. The molecule has 0 bridgehead atoms. The summed E-state index contributed by atoms with van der Waals surface area (Å²) < 4.78 is 0. The minimum absolute atomic E-state index is 0.867. The van der Waals surface area contributed by atoms with Crippen molar-refractivity contribution in [3.05, 3.63) is 71.3 Å². The van der Waals surface area contributed by atoms with Crippen LogP contribution in [0.25, 0.3) is 6.08 Å². The first-order valence-electron chi connectivity index (χ1n) is 7.19. The van der Waals surface area contributed by atoms with Crippen LogP contribution in [-0.4, -0.2) is 19.0 Å². The molecule has 0 unspecified atom stereocenters. The van der Waals surface area contributed by atoms with Crippen molar-refractivity contribution >= 4 is 28.8 Å². The predicted octanol–water partition coefficient (Wildman–Crippen LogP) is 4.75. The standard InChI is InChI=1S/C19H21NS/c1-4-15-9-11-17(12-10-15)19(21)14-13-16-7-5-6-8-18(16)20(2)3/h5-14H,4H2,1-3H3. The number of anilines is 1. The van der Waals surface area contributed by atoms with Gasteiger partial charge in [-0.25, -0.2) is 0 Å². The highest BCUT2D eigenvalue weighted by Gasteiger charge is 2.01. The van der Waals surface area contributed by atoms with Crippen molar-refractivity contribution in [1.29, 1.82) is 0 Å². The second kappa shape index (κ2) is 7.19. The number of benzene rings is 2. The lowest BCUT2D eigenvalue weighted by Crippen LogP contribution is -2.09. The van der Waals surface area contributed by atoms with Crippen molar-refractivity contribution < 1.29 is 0 Å². The Labute approximate surface area is 132 Å². The lowest BCUT2D eigenvalue weighted by molar-refractivity contribution is 1.13. The molecule has 108 valence electrons. The molecule has 0 saturated carbocycles. The molecule has 0 radical (unpaired) electrons. The number of rotatable bonds is 5. The maximum atomic E-state index is 5.51. The van der Waals surface area contributed by atoms with Gasteiger partial charge in [0.15, 0.2) is 0 Å². The van der Waals surface area contributed by atoms with Crippen LogP contribution in [0.2, 0.25) is 0 Å². The Kier molecular flexibility index (Phi) is 5.29. The van der Waals surface area contributed by atoms with Gasteiger partial charge in [0, 0.05) is 24.6 Å². The summed E-state index contributed by atoms with van der Waals surface area (Å²) in [4.78, 5) is 2.98.